The van der Waals surface area contributed by atoms with E-state index in [0.717, 1.165) is 11.3 Å². The quantitative estimate of drug-likeness (QED) is 0.826. The number of carbonyl (C=O) groups is 2. The van der Waals surface area contributed by atoms with Crippen LogP contribution >= 0.6 is 0 Å². The summed E-state index contributed by atoms with van der Waals surface area (Å²) >= 11 is 0. The number of nitrogens with zero attached hydrogens (tertiary/aromatic N) is 2. The van der Waals surface area contributed by atoms with E-state index in [2.05, 4.69) is 10.2 Å². The molecular weight excluding hydrogens is 342 g/mol. The number of hydrogen-bond donors (Lipinski definition) is 1. The maximum absolute atomic E-state index is 12.4. The highest BCUT2D eigenvalue weighted by molar-refractivity contribution is 5.96. The summed E-state index contributed by atoms with van der Waals surface area (Å²) in [6.45, 7) is 5.24. The molecule has 0 aliphatic carbocycles. The van der Waals surface area contributed by atoms with Gasteiger partial charge in [-0.2, -0.15) is 0 Å². The van der Waals surface area contributed by atoms with Crippen LogP contribution in [0.15, 0.2) is 54.6 Å². The summed E-state index contributed by atoms with van der Waals surface area (Å²) in [7, 11) is 0. The van der Waals surface area contributed by atoms with Gasteiger partial charge in [0, 0.05) is 32.7 Å². The Bertz CT molecular complexity index is 771. The molecule has 1 aliphatic heterocycles. The fraction of sp³-hybridized carbons (Fsp3) is 0.333. The van der Waals surface area contributed by atoms with Crippen LogP contribution in [0.2, 0.25) is 0 Å². The van der Waals surface area contributed by atoms with Gasteiger partial charge in [-0.25, -0.2) is 9.59 Å². The van der Waals surface area contributed by atoms with Gasteiger partial charge in [-0.3, -0.25) is 0 Å². The molecule has 0 radical (unpaired) electrons. The number of esters is 1. The molecule has 1 aliphatic rings. The molecule has 0 aromatic heterocycles. The van der Waals surface area contributed by atoms with Crippen molar-refractivity contribution >= 4 is 17.7 Å². The maximum Gasteiger partial charge on any atom is 0.340 e. The zero-order valence-electron chi connectivity index (χ0n) is 15.6. The third-order valence-electron chi connectivity index (χ3n) is 4.59. The minimum atomic E-state index is -0.309. The normalized spacial score (nSPS) is 14.0. The van der Waals surface area contributed by atoms with Crippen LogP contribution in [-0.4, -0.2) is 49.7 Å². The summed E-state index contributed by atoms with van der Waals surface area (Å²) in [5, 5.41) is 2.96. The van der Waals surface area contributed by atoms with Gasteiger partial charge in [0.15, 0.2) is 0 Å². The van der Waals surface area contributed by atoms with Crippen molar-refractivity contribution in [2.24, 2.45) is 0 Å². The van der Waals surface area contributed by atoms with Crippen molar-refractivity contribution in [3.63, 3.8) is 0 Å². The Morgan fingerprint density at radius 2 is 1.63 bits per heavy atom. The number of anilines is 1. The molecule has 2 aromatic rings. The summed E-state index contributed by atoms with van der Waals surface area (Å²) < 4.78 is 5.15. The van der Waals surface area contributed by atoms with Gasteiger partial charge in [0.2, 0.25) is 0 Å². The van der Waals surface area contributed by atoms with Crippen molar-refractivity contribution in [3.8, 4) is 0 Å². The molecule has 0 unspecified atom stereocenters. The lowest BCUT2D eigenvalue weighted by atomic mass is 10.1. The number of hydrogen-bond acceptors (Lipinski definition) is 4. The first kappa shape index (κ1) is 18.8. The molecule has 1 fully saturated rings. The van der Waals surface area contributed by atoms with Gasteiger partial charge in [-0.05, 0) is 24.6 Å². The Morgan fingerprint density at radius 3 is 2.33 bits per heavy atom. The highest BCUT2D eigenvalue weighted by atomic mass is 16.5. The topological polar surface area (TPSA) is 61.9 Å². The Hall–Kier alpha value is -3.02. The zero-order chi connectivity index (χ0) is 19.1. The Morgan fingerprint density at radius 1 is 0.963 bits per heavy atom. The van der Waals surface area contributed by atoms with Crippen molar-refractivity contribution in [2.45, 2.75) is 13.5 Å². The third kappa shape index (κ3) is 4.78. The first-order chi connectivity index (χ1) is 13.2. The van der Waals surface area contributed by atoms with Crippen LogP contribution in [0.5, 0.6) is 0 Å². The van der Waals surface area contributed by atoms with Crippen LogP contribution < -0.4 is 10.2 Å². The van der Waals surface area contributed by atoms with Crippen LogP contribution in [-0.2, 0) is 11.3 Å². The van der Waals surface area contributed by atoms with E-state index in [9.17, 15) is 9.59 Å². The van der Waals surface area contributed by atoms with E-state index in [-0.39, 0.29) is 12.0 Å². The first-order valence-electron chi connectivity index (χ1n) is 9.27. The lowest BCUT2D eigenvalue weighted by Crippen LogP contribution is -2.52. The predicted molar refractivity (Wildman–Crippen MR) is 105 cm³/mol. The van der Waals surface area contributed by atoms with Gasteiger partial charge in [0.05, 0.1) is 17.9 Å². The number of benzene rings is 2. The van der Waals surface area contributed by atoms with Crippen molar-refractivity contribution in [1.29, 1.82) is 0 Å². The van der Waals surface area contributed by atoms with Gasteiger partial charge >= 0.3 is 12.0 Å². The smallest absolute Gasteiger partial charge is 0.340 e. The second-order valence-corrected chi connectivity index (χ2v) is 6.36. The van der Waals surface area contributed by atoms with Gasteiger partial charge < -0.3 is 19.9 Å². The average molecular weight is 367 g/mol. The van der Waals surface area contributed by atoms with Crippen LogP contribution in [0.25, 0.3) is 0 Å². The Balaban J connectivity index is 1.56. The fourth-order valence-electron chi connectivity index (χ4n) is 3.17. The first-order valence-corrected chi connectivity index (χ1v) is 9.27. The highest BCUT2D eigenvalue weighted by Gasteiger charge is 2.24. The Kier molecular flexibility index (Phi) is 6.30. The highest BCUT2D eigenvalue weighted by Crippen LogP contribution is 2.22. The van der Waals surface area contributed by atoms with Gasteiger partial charge in [0.25, 0.3) is 0 Å². The molecule has 2 amide bonds. The summed E-state index contributed by atoms with van der Waals surface area (Å²) in [6, 6.07) is 17.3. The van der Waals surface area contributed by atoms with E-state index in [4.69, 9.17) is 4.74 Å². The minimum Gasteiger partial charge on any atom is -0.462 e. The molecule has 1 heterocycles. The zero-order valence-corrected chi connectivity index (χ0v) is 15.6. The largest absolute Gasteiger partial charge is 0.462 e. The van der Waals surface area contributed by atoms with Crippen LogP contribution in [0.4, 0.5) is 10.5 Å². The molecule has 1 N–H and O–H groups in total. The van der Waals surface area contributed by atoms with E-state index in [1.165, 1.54) is 0 Å². The molecule has 0 bridgehead atoms. The molecule has 0 spiro atoms. The monoisotopic (exact) mass is 367 g/mol. The summed E-state index contributed by atoms with van der Waals surface area (Å²) in [5.41, 5.74) is 2.51. The van der Waals surface area contributed by atoms with E-state index in [1.807, 2.05) is 53.4 Å². The maximum atomic E-state index is 12.4. The molecule has 6 nitrogen and oxygen atoms in total. The second kappa shape index (κ2) is 9.07. The van der Waals surface area contributed by atoms with Crippen LogP contribution in [0.1, 0.15) is 22.8 Å². The number of nitrogens with one attached hydrogen (secondary N) is 1. The lowest BCUT2D eigenvalue weighted by Gasteiger charge is -2.36. The van der Waals surface area contributed by atoms with E-state index in [1.54, 1.807) is 13.0 Å². The summed E-state index contributed by atoms with van der Waals surface area (Å²) in [5.74, 6) is -0.309. The second-order valence-electron chi connectivity index (χ2n) is 6.36. The van der Waals surface area contributed by atoms with Gasteiger partial charge in [0.1, 0.15) is 0 Å². The molecular formula is C21H25N3O3. The molecule has 0 atom stereocenters. The summed E-state index contributed by atoms with van der Waals surface area (Å²) in [4.78, 5) is 28.5. The number of rotatable bonds is 5. The molecule has 1 saturated heterocycles. The molecule has 142 valence electrons. The predicted octanol–water partition coefficient (Wildman–Crippen LogP) is 2.90. The number of amides is 2. The van der Waals surface area contributed by atoms with E-state index < -0.39 is 0 Å². The number of urea groups is 1. The standard InChI is InChI=1S/C21H25N3O3/c1-2-27-20(25)18-10-6-7-11-19(18)23-12-14-24(15-13-23)21(26)22-16-17-8-4-3-5-9-17/h3-11H,2,12-16H2,1H3,(H,22,26). The number of piperazine rings is 1. The van der Waals surface area contributed by atoms with Crippen molar-refractivity contribution < 1.29 is 14.3 Å². The van der Waals surface area contributed by atoms with E-state index in [0.29, 0.717) is 44.9 Å². The third-order valence-corrected chi connectivity index (χ3v) is 4.59. The molecule has 3 rings (SSSR count). The number of para-hydroxylation sites is 1. The average Bonchev–Trinajstić information content (AvgIpc) is 2.73. The number of carbonyl (C=O) groups excluding carboxylic acids is 2. The van der Waals surface area contributed by atoms with E-state index >= 15 is 0 Å². The van der Waals surface area contributed by atoms with Crippen LogP contribution in [0.3, 0.4) is 0 Å². The molecule has 6 heteroatoms. The molecule has 27 heavy (non-hydrogen) atoms. The van der Waals surface area contributed by atoms with Crippen molar-refractivity contribution in [3.05, 3.63) is 65.7 Å². The molecule has 0 saturated carbocycles. The molecule has 2 aromatic carbocycles. The number of ether oxygens (including phenoxy) is 1. The lowest BCUT2D eigenvalue weighted by molar-refractivity contribution is 0.0527. The minimum absolute atomic E-state index is 0.0582. The van der Waals surface area contributed by atoms with Gasteiger partial charge in [-0.15, -0.1) is 0 Å². The van der Waals surface area contributed by atoms with Crippen LogP contribution in [0, 0.1) is 0 Å². The van der Waals surface area contributed by atoms with Crippen molar-refractivity contribution in [2.75, 3.05) is 37.7 Å². The summed E-state index contributed by atoms with van der Waals surface area (Å²) in [6.07, 6.45) is 0. The fourth-order valence-corrected chi connectivity index (χ4v) is 3.17. The van der Waals surface area contributed by atoms with Crippen molar-refractivity contribution in [1.82, 2.24) is 10.2 Å². The van der Waals surface area contributed by atoms with Gasteiger partial charge in [-0.1, -0.05) is 42.5 Å². The SMILES string of the molecule is CCOC(=O)c1ccccc1N1CCN(C(=O)NCc2ccccc2)CC1. The Labute approximate surface area is 159 Å².